The smallest absolute Gasteiger partial charge is 0.240 e. The van der Waals surface area contributed by atoms with E-state index < -0.39 is 0 Å². The van der Waals surface area contributed by atoms with Gasteiger partial charge in [-0.15, -0.1) is 0 Å². The number of halogens is 1. The van der Waals surface area contributed by atoms with Gasteiger partial charge in [0.1, 0.15) is 11.9 Å². The first-order chi connectivity index (χ1) is 7.18. The summed E-state index contributed by atoms with van der Waals surface area (Å²) in [4.78, 5) is 17.4. The van der Waals surface area contributed by atoms with Crippen LogP contribution in [0.2, 0.25) is 0 Å². The average Bonchev–Trinajstić information content (AvgIpc) is 2.67. The van der Waals surface area contributed by atoms with Crippen molar-refractivity contribution in [3.05, 3.63) is 22.8 Å². The van der Waals surface area contributed by atoms with E-state index >= 15 is 0 Å². The fourth-order valence-corrected chi connectivity index (χ4v) is 2.11. The Morgan fingerprint density at radius 2 is 2.40 bits per heavy atom. The maximum atomic E-state index is 11.2. The molecule has 15 heavy (non-hydrogen) atoms. The summed E-state index contributed by atoms with van der Waals surface area (Å²) in [5.41, 5.74) is 5.34. The van der Waals surface area contributed by atoms with E-state index in [2.05, 4.69) is 20.9 Å². The number of hydrogen-bond acceptors (Lipinski definition) is 3. The van der Waals surface area contributed by atoms with Crippen LogP contribution in [0.25, 0.3) is 0 Å². The van der Waals surface area contributed by atoms with E-state index in [1.165, 1.54) is 0 Å². The van der Waals surface area contributed by atoms with Gasteiger partial charge in [0.2, 0.25) is 5.91 Å². The van der Waals surface area contributed by atoms with Crippen LogP contribution in [-0.4, -0.2) is 23.5 Å². The number of carbonyl (C=O) groups is 1. The molecule has 1 aliphatic rings. The highest BCUT2D eigenvalue weighted by atomic mass is 79.9. The van der Waals surface area contributed by atoms with Gasteiger partial charge in [-0.05, 0) is 40.9 Å². The molecule has 5 heteroatoms. The first kappa shape index (κ1) is 10.4. The lowest BCUT2D eigenvalue weighted by Crippen LogP contribution is -2.40. The first-order valence-electron chi connectivity index (χ1n) is 4.86. The van der Waals surface area contributed by atoms with E-state index in [0.29, 0.717) is 0 Å². The fraction of sp³-hybridized carbons (Fsp3) is 0.400. The van der Waals surface area contributed by atoms with Crippen molar-refractivity contribution in [1.29, 1.82) is 0 Å². The van der Waals surface area contributed by atoms with Gasteiger partial charge in [0.05, 0.1) is 0 Å². The molecule has 0 aromatic carbocycles. The number of rotatable bonds is 2. The van der Waals surface area contributed by atoms with Crippen LogP contribution in [-0.2, 0) is 4.79 Å². The Morgan fingerprint density at radius 3 is 3.00 bits per heavy atom. The predicted octanol–water partition coefficient (Wildman–Crippen LogP) is 1.30. The zero-order valence-corrected chi connectivity index (χ0v) is 9.77. The molecule has 1 aliphatic heterocycles. The molecule has 2 rings (SSSR count). The zero-order valence-electron chi connectivity index (χ0n) is 8.19. The van der Waals surface area contributed by atoms with Crippen molar-refractivity contribution in [1.82, 2.24) is 4.98 Å². The Labute approximate surface area is 96.6 Å². The topological polar surface area (TPSA) is 59.2 Å². The molecule has 1 atom stereocenters. The molecular formula is C10H12BrN3O. The van der Waals surface area contributed by atoms with Crippen LogP contribution in [0, 0.1) is 0 Å². The van der Waals surface area contributed by atoms with E-state index in [4.69, 9.17) is 5.73 Å². The Bertz CT molecular complexity index is 365. The third-order valence-electron chi connectivity index (χ3n) is 2.59. The van der Waals surface area contributed by atoms with E-state index in [-0.39, 0.29) is 11.9 Å². The fourth-order valence-electron chi connectivity index (χ4n) is 1.87. The van der Waals surface area contributed by atoms with Crippen LogP contribution < -0.4 is 10.6 Å². The second kappa shape index (κ2) is 4.18. The Kier molecular flexibility index (Phi) is 2.90. The molecule has 0 bridgehead atoms. The summed E-state index contributed by atoms with van der Waals surface area (Å²) in [6, 6.07) is 3.61. The largest absolute Gasteiger partial charge is 0.368 e. The van der Waals surface area contributed by atoms with Gasteiger partial charge in [0, 0.05) is 17.2 Å². The van der Waals surface area contributed by atoms with Gasteiger partial charge >= 0.3 is 0 Å². The van der Waals surface area contributed by atoms with Gasteiger partial charge in [0.25, 0.3) is 0 Å². The summed E-state index contributed by atoms with van der Waals surface area (Å²) in [5.74, 6) is 0.553. The van der Waals surface area contributed by atoms with Crippen LogP contribution in [0.3, 0.4) is 0 Å². The standard InChI is InChI=1S/C10H12BrN3O/c11-7-3-4-9(13-6-7)14-5-1-2-8(14)10(12)15/h3-4,6,8H,1-2,5H2,(H2,12,15)/t8-/m1/s1. The molecule has 2 heterocycles. The van der Waals surface area contributed by atoms with E-state index in [1.807, 2.05) is 17.0 Å². The number of nitrogens with zero attached hydrogens (tertiary/aromatic N) is 2. The van der Waals surface area contributed by atoms with Gasteiger partial charge in [-0.1, -0.05) is 0 Å². The molecule has 0 radical (unpaired) electrons. The van der Waals surface area contributed by atoms with Gasteiger partial charge in [-0.3, -0.25) is 4.79 Å². The normalized spacial score (nSPS) is 20.6. The van der Waals surface area contributed by atoms with Gasteiger partial charge in [0.15, 0.2) is 0 Å². The summed E-state index contributed by atoms with van der Waals surface area (Å²) >= 11 is 3.33. The summed E-state index contributed by atoms with van der Waals surface area (Å²) in [5, 5.41) is 0. The highest BCUT2D eigenvalue weighted by molar-refractivity contribution is 9.10. The molecule has 1 aromatic rings. The number of pyridine rings is 1. The van der Waals surface area contributed by atoms with E-state index in [0.717, 1.165) is 29.7 Å². The van der Waals surface area contributed by atoms with Crippen molar-refractivity contribution < 1.29 is 4.79 Å². The Balaban J connectivity index is 2.22. The average molecular weight is 270 g/mol. The van der Waals surface area contributed by atoms with Crippen LogP contribution in [0.15, 0.2) is 22.8 Å². The minimum Gasteiger partial charge on any atom is -0.368 e. The molecule has 0 aliphatic carbocycles. The summed E-state index contributed by atoms with van der Waals surface area (Å²) < 4.78 is 0.932. The maximum Gasteiger partial charge on any atom is 0.240 e. The Morgan fingerprint density at radius 1 is 1.60 bits per heavy atom. The van der Waals surface area contributed by atoms with Crippen molar-refractivity contribution in [3.8, 4) is 0 Å². The van der Waals surface area contributed by atoms with Crippen molar-refractivity contribution in [2.75, 3.05) is 11.4 Å². The molecule has 1 saturated heterocycles. The van der Waals surface area contributed by atoms with Crippen molar-refractivity contribution >= 4 is 27.7 Å². The van der Waals surface area contributed by atoms with Crippen molar-refractivity contribution in [2.45, 2.75) is 18.9 Å². The van der Waals surface area contributed by atoms with Gasteiger partial charge in [-0.25, -0.2) is 4.98 Å². The number of primary amides is 1. The third kappa shape index (κ3) is 2.12. The molecule has 1 aromatic heterocycles. The lowest BCUT2D eigenvalue weighted by atomic mass is 10.2. The van der Waals surface area contributed by atoms with Crippen LogP contribution >= 0.6 is 15.9 Å². The molecule has 1 amide bonds. The van der Waals surface area contributed by atoms with Crippen LogP contribution in [0.5, 0.6) is 0 Å². The highest BCUT2D eigenvalue weighted by Crippen LogP contribution is 2.24. The number of hydrogen-bond donors (Lipinski definition) is 1. The van der Waals surface area contributed by atoms with Crippen molar-refractivity contribution in [2.24, 2.45) is 5.73 Å². The lowest BCUT2D eigenvalue weighted by Gasteiger charge is -2.22. The molecular weight excluding hydrogens is 258 g/mol. The number of anilines is 1. The molecule has 80 valence electrons. The van der Waals surface area contributed by atoms with E-state index in [1.54, 1.807) is 6.20 Å². The SMILES string of the molecule is NC(=O)[C@H]1CCCN1c1ccc(Br)cn1. The summed E-state index contributed by atoms with van der Waals surface area (Å²) in [7, 11) is 0. The minimum absolute atomic E-state index is 0.196. The van der Waals surface area contributed by atoms with Crippen molar-refractivity contribution in [3.63, 3.8) is 0 Å². The number of amides is 1. The molecule has 0 unspecified atom stereocenters. The lowest BCUT2D eigenvalue weighted by molar-refractivity contribution is -0.119. The molecule has 4 nitrogen and oxygen atoms in total. The predicted molar refractivity (Wildman–Crippen MR) is 61.5 cm³/mol. The van der Waals surface area contributed by atoms with Gasteiger partial charge in [-0.2, -0.15) is 0 Å². The number of nitrogens with two attached hydrogens (primary N) is 1. The first-order valence-corrected chi connectivity index (χ1v) is 5.65. The van der Waals surface area contributed by atoms with E-state index in [9.17, 15) is 4.79 Å². The monoisotopic (exact) mass is 269 g/mol. The van der Waals surface area contributed by atoms with Gasteiger partial charge < -0.3 is 10.6 Å². The van der Waals surface area contributed by atoms with Crippen LogP contribution in [0.4, 0.5) is 5.82 Å². The maximum absolute atomic E-state index is 11.2. The quantitative estimate of drug-likeness (QED) is 0.881. The number of carbonyl (C=O) groups excluding carboxylic acids is 1. The van der Waals surface area contributed by atoms with Crippen LogP contribution in [0.1, 0.15) is 12.8 Å². The Hall–Kier alpha value is -1.10. The highest BCUT2D eigenvalue weighted by Gasteiger charge is 2.29. The second-order valence-corrected chi connectivity index (χ2v) is 4.50. The minimum atomic E-state index is -0.266. The number of aromatic nitrogens is 1. The molecule has 1 fully saturated rings. The second-order valence-electron chi connectivity index (χ2n) is 3.59. The molecule has 0 saturated carbocycles. The summed E-state index contributed by atoms with van der Waals surface area (Å²) in [6.45, 7) is 0.849. The third-order valence-corrected chi connectivity index (χ3v) is 3.06. The summed E-state index contributed by atoms with van der Waals surface area (Å²) in [6.07, 6.45) is 3.55. The molecule has 2 N–H and O–H groups in total. The molecule has 0 spiro atoms. The zero-order chi connectivity index (χ0) is 10.8.